The van der Waals surface area contributed by atoms with Crippen molar-refractivity contribution in [1.29, 1.82) is 0 Å². The summed E-state index contributed by atoms with van der Waals surface area (Å²) in [5.41, 5.74) is 0. The molecule has 1 aliphatic carbocycles. The summed E-state index contributed by atoms with van der Waals surface area (Å²) in [4.78, 5) is 11.2. The summed E-state index contributed by atoms with van der Waals surface area (Å²) < 4.78 is 5.44. The van der Waals surface area contributed by atoms with Crippen LogP contribution in [0, 0.1) is 0 Å². The SMILES string of the molecule is COC(=O)[C@@H](C)Sc1nnc(NC2CC2)s1. The van der Waals surface area contributed by atoms with Gasteiger partial charge in [0, 0.05) is 6.04 Å². The van der Waals surface area contributed by atoms with E-state index in [4.69, 9.17) is 0 Å². The maximum Gasteiger partial charge on any atom is 0.318 e. The molecule has 0 radical (unpaired) electrons. The fraction of sp³-hybridized carbons (Fsp3) is 0.667. The molecule has 0 amide bonds. The lowest BCUT2D eigenvalue weighted by atomic mass is 10.5. The first-order valence-corrected chi connectivity index (χ1v) is 6.73. The standard InChI is InChI=1S/C9H13N3O2S2/c1-5(7(13)14-2)15-9-12-11-8(16-9)10-6-3-4-6/h5-6H,3-4H2,1-2H3,(H,10,11)/t5-/m1/s1. The highest BCUT2D eigenvalue weighted by molar-refractivity contribution is 8.02. The largest absolute Gasteiger partial charge is 0.468 e. The van der Waals surface area contributed by atoms with Gasteiger partial charge in [0.25, 0.3) is 0 Å². The number of carbonyl (C=O) groups excluding carboxylic acids is 1. The van der Waals surface area contributed by atoms with Crippen LogP contribution in [0.25, 0.3) is 0 Å². The molecule has 1 heterocycles. The van der Waals surface area contributed by atoms with Crippen molar-refractivity contribution >= 4 is 34.2 Å². The monoisotopic (exact) mass is 259 g/mol. The molecule has 0 aliphatic heterocycles. The summed E-state index contributed by atoms with van der Waals surface area (Å²) in [5, 5.41) is 11.9. The first-order valence-electron chi connectivity index (χ1n) is 5.03. The number of nitrogens with one attached hydrogen (secondary N) is 1. The number of rotatable bonds is 5. The van der Waals surface area contributed by atoms with E-state index in [0.717, 1.165) is 9.47 Å². The molecule has 0 saturated heterocycles. The number of methoxy groups -OCH3 is 1. The number of anilines is 1. The van der Waals surface area contributed by atoms with Crippen LogP contribution in [0.1, 0.15) is 19.8 Å². The van der Waals surface area contributed by atoms with Gasteiger partial charge < -0.3 is 10.1 Å². The van der Waals surface area contributed by atoms with Crippen LogP contribution in [0.15, 0.2) is 4.34 Å². The summed E-state index contributed by atoms with van der Waals surface area (Å²) in [6.07, 6.45) is 2.42. The normalized spacial score (nSPS) is 16.9. The molecule has 1 fully saturated rings. The van der Waals surface area contributed by atoms with E-state index < -0.39 is 0 Å². The van der Waals surface area contributed by atoms with Crippen molar-refractivity contribution in [1.82, 2.24) is 10.2 Å². The maximum atomic E-state index is 11.2. The number of thioether (sulfide) groups is 1. The zero-order valence-corrected chi connectivity index (χ0v) is 10.7. The smallest absolute Gasteiger partial charge is 0.318 e. The third-order valence-electron chi connectivity index (χ3n) is 2.12. The van der Waals surface area contributed by atoms with Crippen LogP contribution in [0.4, 0.5) is 5.13 Å². The Balaban J connectivity index is 1.88. The van der Waals surface area contributed by atoms with Crippen molar-refractivity contribution in [3.05, 3.63) is 0 Å². The quantitative estimate of drug-likeness (QED) is 0.642. The molecule has 1 aromatic rings. The zero-order valence-electron chi connectivity index (χ0n) is 9.10. The molecule has 1 atom stereocenters. The number of hydrogen-bond donors (Lipinski definition) is 1. The van der Waals surface area contributed by atoms with Gasteiger partial charge in [-0.2, -0.15) is 0 Å². The number of esters is 1. The minimum atomic E-state index is -0.244. The van der Waals surface area contributed by atoms with Crippen LogP contribution in [0.2, 0.25) is 0 Å². The lowest BCUT2D eigenvalue weighted by Crippen LogP contribution is -2.14. The van der Waals surface area contributed by atoms with Gasteiger partial charge in [-0.05, 0) is 19.8 Å². The van der Waals surface area contributed by atoms with E-state index >= 15 is 0 Å². The molecular weight excluding hydrogens is 246 g/mol. The van der Waals surface area contributed by atoms with Crippen LogP contribution >= 0.6 is 23.1 Å². The Morgan fingerprint density at radius 2 is 2.38 bits per heavy atom. The van der Waals surface area contributed by atoms with Crippen LogP contribution in [-0.4, -0.2) is 34.6 Å². The van der Waals surface area contributed by atoms with Gasteiger partial charge in [-0.15, -0.1) is 10.2 Å². The molecule has 7 heteroatoms. The summed E-state index contributed by atoms with van der Waals surface area (Å²) in [5.74, 6) is -0.239. The van der Waals surface area contributed by atoms with E-state index in [2.05, 4.69) is 20.3 Å². The third kappa shape index (κ3) is 3.08. The van der Waals surface area contributed by atoms with E-state index in [0.29, 0.717) is 6.04 Å². The predicted molar refractivity (Wildman–Crippen MR) is 63.9 cm³/mol. The summed E-state index contributed by atoms with van der Waals surface area (Å²) >= 11 is 2.85. The fourth-order valence-electron chi connectivity index (χ4n) is 1.08. The van der Waals surface area contributed by atoms with Crippen LogP contribution in [0.3, 0.4) is 0 Å². The second kappa shape index (κ2) is 5.01. The van der Waals surface area contributed by atoms with Gasteiger partial charge in [-0.3, -0.25) is 4.79 Å². The molecule has 0 unspecified atom stereocenters. The number of ether oxygens (including phenoxy) is 1. The second-order valence-electron chi connectivity index (χ2n) is 3.57. The Bertz CT molecular complexity index is 379. The van der Waals surface area contributed by atoms with Crippen LogP contribution in [-0.2, 0) is 9.53 Å². The highest BCUT2D eigenvalue weighted by atomic mass is 32.2. The number of nitrogens with zero attached hydrogens (tertiary/aromatic N) is 2. The van der Waals surface area contributed by atoms with Gasteiger partial charge in [-0.25, -0.2) is 0 Å². The van der Waals surface area contributed by atoms with E-state index in [9.17, 15) is 4.79 Å². The third-order valence-corrected chi connectivity index (χ3v) is 4.14. The summed E-state index contributed by atoms with van der Waals surface area (Å²) in [7, 11) is 1.39. The Morgan fingerprint density at radius 1 is 1.62 bits per heavy atom. The topological polar surface area (TPSA) is 64.1 Å². The van der Waals surface area contributed by atoms with Gasteiger partial charge >= 0.3 is 5.97 Å². The van der Waals surface area contributed by atoms with Gasteiger partial charge in [0.1, 0.15) is 5.25 Å². The number of hydrogen-bond acceptors (Lipinski definition) is 7. The van der Waals surface area contributed by atoms with Gasteiger partial charge in [0.2, 0.25) is 5.13 Å². The van der Waals surface area contributed by atoms with Gasteiger partial charge in [0.05, 0.1) is 7.11 Å². The lowest BCUT2D eigenvalue weighted by Gasteiger charge is -2.04. The molecule has 88 valence electrons. The first kappa shape index (κ1) is 11.7. The van der Waals surface area contributed by atoms with Gasteiger partial charge in [-0.1, -0.05) is 23.1 Å². The molecule has 2 rings (SSSR count). The van der Waals surface area contributed by atoms with Crippen molar-refractivity contribution in [3.8, 4) is 0 Å². The minimum Gasteiger partial charge on any atom is -0.468 e. The van der Waals surface area contributed by atoms with Crippen molar-refractivity contribution in [2.24, 2.45) is 0 Å². The highest BCUT2D eigenvalue weighted by Gasteiger charge is 2.23. The molecule has 16 heavy (non-hydrogen) atoms. The van der Waals surface area contributed by atoms with Gasteiger partial charge in [0.15, 0.2) is 4.34 Å². The van der Waals surface area contributed by atoms with E-state index in [1.165, 1.54) is 43.1 Å². The fourth-order valence-corrected chi connectivity index (χ4v) is 3.08. The Labute approximate surface area is 102 Å². The van der Waals surface area contributed by atoms with Crippen molar-refractivity contribution in [2.75, 3.05) is 12.4 Å². The number of carbonyl (C=O) groups is 1. The maximum absolute atomic E-state index is 11.2. The number of aromatic nitrogens is 2. The predicted octanol–water partition coefficient (Wildman–Crippen LogP) is 1.77. The molecule has 0 bridgehead atoms. The molecule has 0 aromatic carbocycles. The molecule has 1 aromatic heterocycles. The summed E-state index contributed by atoms with van der Waals surface area (Å²) in [6, 6.07) is 0.573. The second-order valence-corrected chi connectivity index (χ2v) is 6.14. The molecule has 1 N–H and O–H groups in total. The molecule has 5 nitrogen and oxygen atoms in total. The Morgan fingerprint density at radius 3 is 3.00 bits per heavy atom. The van der Waals surface area contributed by atoms with E-state index in [1.807, 2.05) is 0 Å². The highest BCUT2D eigenvalue weighted by Crippen LogP contribution is 2.32. The van der Waals surface area contributed by atoms with E-state index in [-0.39, 0.29) is 11.2 Å². The molecule has 0 spiro atoms. The van der Waals surface area contributed by atoms with Crippen molar-refractivity contribution < 1.29 is 9.53 Å². The van der Waals surface area contributed by atoms with Crippen molar-refractivity contribution in [3.63, 3.8) is 0 Å². The van der Waals surface area contributed by atoms with Crippen molar-refractivity contribution in [2.45, 2.75) is 35.4 Å². The molecule has 1 aliphatic rings. The minimum absolute atomic E-state index is 0.239. The van der Waals surface area contributed by atoms with Crippen LogP contribution < -0.4 is 5.32 Å². The Kier molecular flexibility index (Phi) is 3.65. The average Bonchev–Trinajstić information content (AvgIpc) is 2.97. The van der Waals surface area contributed by atoms with Crippen LogP contribution in [0.5, 0.6) is 0 Å². The van der Waals surface area contributed by atoms with E-state index in [1.54, 1.807) is 6.92 Å². The lowest BCUT2D eigenvalue weighted by molar-refractivity contribution is -0.139. The first-order chi connectivity index (χ1) is 7.69. The zero-order chi connectivity index (χ0) is 11.5. The Hall–Kier alpha value is -0.820. The molecule has 1 saturated carbocycles. The average molecular weight is 259 g/mol. The molecular formula is C9H13N3O2S2. The summed E-state index contributed by atoms with van der Waals surface area (Å²) in [6.45, 7) is 1.80.